The molecule has 1 saturated heterocycles. The SMILES string of the molecule is Cc1cccc(C)c1-n1nnnc1[C@H](c1cccc2ccccc12)N1CCN(C/C=C/c2ccccc2)CC1. The Bertz CT molecular complexity index is 1560. The van der Waals surface area contributed by atoms with Crippen LogP contribution in [0.5, 0.6) is 0 Å². The van der Waals surface area contributed by atoms with E-state index in [0.29, 0.717) is 0 Å². The third-order valence-electron chi connectivity index (χ3n) is 7.75. The highest BCUT2D eigenvalue weighted by molar-refractivity contribution is 5.86. The van der Waals surface area contributed by atoms with Crippen molar-refractivity contribution >= 4 is 16.8 Å². The van der Waals surface area contributed by atoms with Crippen molar-refractivity contribution in [2.24, 2.45) is 0 Å². The van der Waals surface area contributed by atoms with Crippen molar-refractivity contribution in [2.75, 3.05) is 32.7 Å². The molecule has 6 rings (SSSR count). The molecule has 0 unspecified atom stereocenters. The molecule has 1 aromatic heterocycles. The number of aromatic nitrogens is 4. The van der Waals surface area contributed by atoms with Gasteiger partial charge in [0, 0.05) is 32.7 Å². The minimum atomic E-state index is -0.0629. The molecule has 4 aromatic carbocycles. The van der Waals surface area contributed by atoms with Crippen LogP contribution in [0.25, 0.3) is 22.5 Å². The molecule has 0 bridgehead atoms. The number of rotatable bonds is 7. The third-order valence-corrected chi connectivity index (χ3v) is 7.75. The molecule has 0 amide bonds. The Morgan fingerprint density at radius 3 is 2.26 bits per heavy atom. The zero-order valence-electron chi connectivity index (χ0n) is 22.6. The second kappa shape index (κ2) is 11.3. The molecule has 0 radical (unpaired) electrons. The van der Waals surface area contributed by atoms with E-state index in [2.05, 4.69) is 142 Å². The summed E-state index contributed by atoms with van der Waals surface area (Å²) >= 11 is 0. The quantitative estimate of drug-likeness (QED) is 0.273. The molecule has 1 fully saturated rings. The van der Waals surface area contributed by atoms with E-state index in [1.807, 2.05) is 4.68 Å². The molecule has 1 aliphatic rings. The minimum Gasteiger partial charge on any atom is -0.297 e. The van der Waals surface area contributed by atoms with Gasteiger partial charge in [-0.25, -0.2) is 0 Å². The monoisotopic (exact) mass is 514 g/mol. The molecule has 1 aliphatic heterocycles. The fourth-order valence-corrected chi connectivity index (χ4v) is 5.76. The summed E-state index contributed by atoms with van der Waals surface area (Å²) in [5.41, 5.74) is 5.87. The van der Waals surface area contributed by atoms with E-state index in [1.54, 1.807) is 0 Å². The van der Waals surface area contributed by atoms with Crippen molar-refractivity contribution in [1.29, 1.82) is 0 Å². The highest BCUT2D eigenvalue weighted by atomic mass is 15.6. The fourth-order valence-electron chi connectivity index (χ4n) is 5.76. The topological polar surface area (TPSA) is 50.1 Å². The number of nitrogens with zero attached hydrogens (tertiary/aromatic N) is 6. The molecular weight excluding hydrogens is 480 g/mol. The Hall–Kier alpha value is -4.13. The molecule has 0 saturated carbocycles. The normalized spacial score (nSPS) is 15.7. The van der Waals surface area contributed by atoms with Gasteiger partial charge in [0.05, 0.1) is 11.7 Å². The number of piperazine rings is 1. The van der Waals surface area contributed by atoms with Crippen molar-refractivity contribution in [1.82, 2.24) is 30.0 Å². The Balaban J connectivity index is 1.33. The van der Waals surface area contributed by atoms with Gasteiger partial charge in [-0.3, -0.25) is 9.80 Å². The molecule has 196 valence electrons. The maximum absolute atomic E-state index is 4.67. The molecular formula is C33H34N6. The number of tetrazole rings is 1. The summed E-state index contributed by atoms with van der Waals surface area (Å²) in [4.78, 5) is 5.07. The lowest BCUT2D eigenvalue weighted by atomic mass is 9.96. The van der Waals surface area contributed by atoms with Gasteiger partial charge in [-0.1, -0.05) is 103 Å². The lowest BCUT2D eigenvalue weighted by Crippen LogP contribution is -2.48. The van der Waals surface area contributed by atoms with Gasteiger partial charge in [0.25, 0.3) is 0 Å². The van der Waals surface area contributed by atoms with Crippen LogP contribution in [-0.4, -0.2) is 62.7 Å². The van der Waals surface area contributed by atoms with Gasteiger partial charge < -0.3 is 0 Å². The number of aryl methyl sites for hydroxylation is 2. The van der Waals surface area contributed by atoms with Gasteiger partial charge >= 0.3 is 0 Å². The Kier molecular flexibility index (Phi) is 7.30. The lowest BCUT2D eigenvalue weighted by Gasteiger charge is -2.39. The Morgan fingerprint density at radius 2 is 1.46 bits per heavy atom. The lowest BCUT2D eigenvalue weighted by molar-refractivity contribution is 0.114. The van der Waals surface area contributed by atoms with E-state index in [4.69, 9.17) is 0 Å². The summed E-state index contributed by atoms with van der Waals surface area (Å²) < 4.78 is 1.96. The number of fused-ring (bicyclic) bond motifs is 1. The zero-order valence-corrected chi connectivity index (χ0v) is 22.6. The molecule has 0 aliphatic carbocycles. The van der Waals surface area contributed by atoms with Gasteiger partial charge in [-0.2, -0.15) is 4.68 Å². The number of benzene rings is 4. The molecule has 5 aromatic rings. The summed E-state index contributed by atoms with van der Waals surface area (Å²) in [6.45, 7) is 9.06. The van der Waals surface area contributed by atoms with E-state index < -0.39 is 0 Å². The van der Waals surface area contributed by atoms with Crippen LogP contribution in [0.15, 0.2) is 97.1 Å². The highest BCUT2D eigenvalue weighted by Gasteiger charge is 2.32. The summed E-state index contributed by atoms with van der Waals surface area (Å²) in [7, 11) is 0. The molecule has 1 atom stereocenters. The zero-order chi connectivity index (χ0) is 26.6. The fraction of sp³-hybridized carbons (Fsp3) is 0.242. The molecule has 0 N–H and O–H groups in total. The van der Waals surface area contributed by atoms with Crippen LogP contribution in [-0.2, 0) is 0 Å². The Labute approximate surface area is 230 Å². The molecule has 2 heterocycles. The van der Waals surface area contributed by atoms with E-state index in [9.17, 15) is 0 Å². The predicted octanol–water partition coefficient (Wildman–Crippen LogP) is 5.85. The van der Waals surface area contributed by atoms with Crippen LogP contribution in [0.2, 0.25) is 0 Å². The first-order chi connectivity index (χ1) is 19.2. The molecule has 39 heavy (non-hydrogen) atoms. The standard InChI is InChI=1S/C33H34N6/c1-25-11-8-12-26(2)31(25)39-33(34-35-36-39)32(30-19-9-17-28-16-6-7-18-29(28)30)38-23-21-37(22-24-38)20-10-15-27-13-4-3-5-14-27/h3-19,32H,20-24H2,1-2H3/b15-10+/t32-/m0/s1. The largest absolute Gasteiger partial charge is 0.297 e. The predicted molar refractivity (Wildman–Crippen MR) is 158 cm³/mol. The van der Waals surface area contributed by atoms with Crippen molar-refractivity contribution in [3.8, 4) is 5.69 Å². The molecule has 0 spiro atoms. The van der Waals surface area contributed by atoms with Crippen LogP contribution in [0.1, 0.15) is 34.1 Å². The summed E-state index contributed by atoms with van der Waals surface area (Å²) in [6, 6.07) is 32.0. The second-order valence-corrected chi connectivity index (χ2v) is 10.3. The van der Waals surface area contributed by atoms with Crippen LogP contribution in [0, 0.1) is 13.8 Å². The van der Waals surface area contributed by atoms with Gasteiger partial charge in [-0.15, -0.1) is 5.10 Å². The Morgan fingerprint density at radius 1 is 0.769 bits per heavy atom. The maximum Gasteiger partial charge on any atom is 0.178 e. The summed E-state index contributed by atoms with van der Waals surface area (Å²) in [5.74, 6) is 0.862. The second-order valence-electron chi connectivity index (χ2n) is 10.3. The van der Waals surface area contributed by atoms with Crippen molar-refractivity contribution in [3.05, 3.63) is 125 Å². The average Bonchev–Trinajstić information content (AvgIpc) is 3.43. The first-order valence-corrected chi connectivity index (χ1v) is 13.7. The molecule has 6 heteroatoms. The number of hydrogen-bond acceptors (Lipinski definition) is 5. The minimum absolute atomic E-state index is 0.0629. The highest BCUT2D eigenvalue weighted by Crippen LogP contribution is 2.34. The van der Waals surface area contributed by atoms with Crippen molar-refractivity contribution in [2.45, 2.75) is 19.9 Å². The number of para-hydroxylation sites is 1. The van der Waals surface area contributed by atoms with Gasteiger partial charge in [0.1, 0.15) is 0 Å². The van der Waals surface area contributed by atoms with Crippen LogP contribution < -0.4 is 0 Å². The van der Waals surface area contributed by atoms with Crippen LogP contribution in [0.4, 0.5) is 0 Å². The third kappa shape index (κ3) is 5.26. The van der Waals surface area contributed by atoms with E-state index in [0.717, 1.165) is 55.4 Å². The molecule has 6 nitrogen and oxygen atoms in total. The van der Waals surface area contributed by atoms with Gasteiger partial charge in [0.2, 0.25) is 0 Å². The number of hydrogen-bond donors (Lipinski definition) is 0. The van der Waals surface area contributed by atoms with E-state index >= 15 is 0 Å². The van der Waals surface area contributed by atoms with E-state index in [1.165, 1.54) is 21.9 Å². The maximum atomic E-state index is 4.67. The van der Waals surface area contributed by atoms with Crippen molar-refractivity contribution < 1.29 is 0 Å². The average molecular weight is 515 g/mol. The first-order valence-electron chi connectivity index (χ1n) is 13.7. The first kappa shape index (κ1) is 25.2. The smallest absolute Gasteiger partial charge is 0.178 e. The van der Waals surface area contributed by atoms with Gasteiger partial charge in [-0.05, 0) is 57.3 Å². The van der Waals surface area contributed by atoms with E-state index in [-0.39, 0.29) is 6.04 Å². The summed E-state index contributed by atoms with van der Waals surface area (Å²) in [5, 5.41) is 15.9. The van der Waals surface area contributed by atoms with Crippen LogP contribution >= 0.6 is 0 Å². The van der Waals surface area contributed by atoms with Crippen molar-refractivity contribution in [3.63, 3.8) is 0 Å². The van der Waals surface area contributed by atoms with Crippen LogP contribution in [0.3, 0.4) is 0 Å². The van der Waals surface area contributed by atoms with Gasteiger partial charge in [0.15, 0.2) is 5.82 Å². The summed E-state index contributed by atoms with van der Waals surface area (Å²) in [6.07, 6.45) is 4.48.